The van der Waals surface area contributed by atoms with Gasteiger partial charge in [0, 0.05) is 30.6 Å². The number of esters is 1. The Morgan fingerprint density at radius 2 is 1.92 bits per heavy atom. The van der Waals surface area contributed by atoms with Gasteiger partial charge in [-0.25, -0.2) is 9.59 Å². The van der Waals surface area contributed by atoms with Crippen molar-refractivity contribution in [1.82, 2.24) is 4.90 Å². The Balaban J connectivity index is 2.68. The Morgan fingerprint density at radius 3 is 2.48 bits per heavy atom. The number of hydrogen-bond acceptors (Lipinski definition) is 6. The van der Waals surface area contributed by atoms with E-state index in [-0.39, 0.29) is 22.4 Å². The molecule has 0 saturated carbocycles. The van der Waals surface area contributed by atoms with Gasteiger partial charge in [-0.05, 0) is 6.42 Å². The number of carbonyl (C=O) groups is 2. The number of benzene rings is 1. The molecule has 0 fully saturated rings. The Kier molecular flexibility index (Phi) is 5.53. The molecule has 0 spiro atoms. The van der Waals surface area contributed by atoms with Crippen molar-refractivity contribution in [2.45, 2.75) is 19.3 Å². The molecule has 1 unspecified atom stereocenters. The van der Waals surface area contributed by atoms with Crippen LogP contribution in [-0.4, -0.2) is 40.5 Å². The van der Waals surface area contributed by atoms with E-state index in [1.165, 1.54) is 37.7 Å². The standard InChI is InChI=1S/C17H18N2O6/c1-3-8-18-9-12(16(20)21)15(13(10-18)17(22)25-2)11-6-4-5-7-14(11)19(23)24/h4-7,9-10,15H,3,8H2,1-2H3,(H,20,21). The second-order valence-corrected chi connectivity index (χ2v) is 5.45. The minimum absolute atomic E-state index is 0.0464. The smallest absolute Gasteiger partial charge is 0.336 e. The van der Waals surface area contributed by atoms with E-state index < -0.39 is 22.8 Å². The maximum atomic E-state index is 12.2. The maximum Gasteiger partial charge on any atom is 0.336 e. The highest BCUT2D eigenvalue weighted by Crippen LogP contribution is 2.40. The topological polar surface area (TPSA) is 110 Å². The number of nitro groups is 1. The molecule has 0 aromatic heterocycles. The van der Waals surface area contributed by atoms with Gasteiger partial charge in [0.25, 0.3) is 5.69 Å². The second-order valence-electron chi connectivity index (χ2n) is 5.45. The maximum absolute atomic E-state index is 12.2. The van der Waals surface area contributed by atoms with Gasteiger partial charge in [0.2, 0.25) is 0 Å². The van der Waals surface area contributed by atoms with Crippen molar-refractivity contribution in [2.75, 3.05) is 13.7 Å². The molecule has 0 aliphatic carbocycles. The van der Waals surface area contributed by atoms with E-state index in [1.54, 1.807) is 11.0 Å². The van der Waals surface area contributed by atoms with Crippen molar-refractivity contribution < 1.29 is 24.4 Å². The molecule has 132 valence electrons. The van der Waals surface area contributed by atoms with Crippen molar-refractivity contribution in [3.8, 4) is 0 Å². The average molecular weight is 346 g/mol. The van der Waals surface area contributed by atoms with E-state index in [2.05, 4.69) is 0 Å². The minimum Gasteiger partial charge on any atom is -0.478 e. The highest BCUT2D eigenvalue weighted by atomic mass is 16.6. The van der Waals surface area contributed by atoms with Crippen molar-refractivity contribution in [3.05, 3.63) is 63.5 Å². The third-order valence-corrected chi connectivity index (χ3v) is 3.83. The molecule has 8 heteroatoms. The van der Waals surface area contributed by atoms with Crippen molar-refractivity contribution in [2.24, 2.45) is 0 Å². The third-order valence-electron chi connectivity index (χ3n) is 3.83. The summed E-state index contributed by atoms with van der Waals surface area (Å²) >= 11 is 0. The Hall–Kier alpha value is -3.16. The number of carboxylic acids is 1. The first-order valence-electron chi connectivity index (χ1n) is 7.64. The van der Waals surface area contributed by atoms with E-state index in [9.17, 15) is 24.8 Å². The van der Waals surface area contributed by atoms with E-state index in [0.29, 0.717) is 6.54 Å². The summed E-state index contributed by atoms with van der Waals surface area (Å²) in [6.07, 6.45) is 3.62. The Morgan fingerprint density at radius 1 is 1.28 bits per heavy atom. The lowest BCUT2D eigenvalue weighted by molar-refractivity contribution is -0.385. The Bertz CT molecular complexity index is 768. The van der Waals surface area contributed by atoms with E-state index in [1.807, 2.05) is 6.92 Å². The van der Waals surface area contributed by atoms with Gasteiger partial charge in [-0.1, -0.05) is 25.1 Å². The molecule has 1 aliphatic heterocycles. The lowest BCUT2D eigenvalue weighted by Gasteiger charge is -2.29. The number of aliphatic carboxylic acids is 1. The van der Waals surface area contributed by atoms with Gasteiger partial charge in [-0.3, -0.25) is 10.1 Å². The first kappa shape index (κ1) is 18.2. The largest absolute Gasteiger partial charge is 0.478 e. The van der Waals surface area contributed by atoms with Gasteiger partial charge in [-0.15, -0.1) is 0 Å². The third kappa shape index (κ3) is 3.68. The van der Waals surface area contributed by atoms with Gasteiger partial charge < -0.3 is 14.7 Å². The summed E-state index contributed by atoms with van der Waals surface area (Å²) in [6, 6.07) is 5.78. The lowest BCUT2D eigenvalue weighted by Crippen LogP contribution is -2.28. The quantitative estimate of drug-likeness (QED) is 0.478. The number of ether oxygens (including phenoxy) is 1. The fraction of sp³-hybridized carbons (Fsp3) is 0.294. The molecule has 1 N–H and O–H groups in total. The fourth-order valence-corrected chi connectivity index (χ4v) is 2.80. The van der Waals surface area contributed by atoms with Gasteiger partial charge in [0.05, 0.1) is 29.1 Å². The van der Waals surface area contributed by atoms with Crippen LogP contribution in [0.5, 0.6) is 0 Å². The SMILES string of the molecule is CCCN1C=C(C(=O)O)C(c2ccccc2[N+](=O)[O-])C(C(=O)OC)=C1. The molecule has 0 amide bonds. The van der Waals surface area contributed by atoms with Gasteiger partial charge in [0.15, 0.2) is 0 Å². The molecule has 1 aliphatic rings. The van der Waals surface area contributed by atoms with Crippen molar-refractivity contribution in [1.29, 1.82) is 0 Å². The summed E-state index contributed by atoms with van der Waals surface area (Å²) in [5, 5.41) is 21.0. The van der Waals surface area contributed by atoms with Crippen LogP contribution in [0.15, 0.2) is 47.8 Å². The number of nitro benzene ring substituents is 1. The number of rotatable bonds is 6. The predicted molar refractivity (Wildman–Crippen MR) is 88.7 cm³/mol. The van der Waals surface area contributed by atoms with Crippen LogP contribution in [0.1, 0.15) is 24.8 Å². The lowest BCUT2D eigenvalue weighted by atomic mass is 9.82. The zero-order chi connectivity index (χ0) is 18.6. The van der Waals surface area contributed by atoms with Crippen LogP contribution < -0.4 is 0 Å². The predicted octanol–water partition coefficient (Wildman–Crippen LogP) is 2.43. The first-order chi connectivity index (χ1) is 11.9. The summed E-state index contributed by atoms with van der Waals surface area (Å²) in [4.78, 5) is 36.4. The molecule has 0 bridgehead atoms. The van der Waals surface area contributed by atoms with Crippen LogP contribution in [0.2, 0.25) is 0 Å². The van der Waals surface area contributed by atoms with Crippen LogP contribution in [0, 0.1) is 10.1 Å². The van der Waals surface area contributed by atoms with Crippen LogP contribution in [-0.2, 0) is 14.3 Å². The minimum atomic E-state index is -1.25. The van der Waals surface area contributed by atoms with Gasteiger partial charge >= 0.3 is 11.9 Å². The summed E-state index contributed by atoms with van der Waals surface area (Å²) in [5.74, 6) is -3.06. The number of para-hydroxylation sites is 1. The van der Waals surface area contributed by atoms with Gasteiger partial charge in [0.1, 0.15) is 0 Å². The first-order valence-corrected chi connectivity index (χ1v) is 7.64. The van der Waals surface area contributed by atoms with Crippen LogP contribution in [0.25, 0.3) is 0 Å². The van der Waals surface area contributed by atoms with Crippen LogP contribution in [0.3, 0.4) is 0 Å². The van der Waals surface area contributed by atoms with Crippen molar-refractivity contribution in [3.63, 3.8) is 0 Å². The van der Waals surface area contributed by atoms with E-state index in [4.69, 9.17) is 4.74 Å². The molecule has 8 nitrogen and oxygen atoms in total. The summed E-state index contributed by atoms with van der Waals surface area (Å²) in [6.45, 7) is 2.41. The summed E-state index contributed by atoms with van der Waals surface area (Å²) in [5.41, 5.74) is -0.192. The molecule has 0 radical (unpaired) electrons. The number of methoxy groups -OCH3 is 1. The van der Waals surface area contributed by atoms with Crippen molar-refractivity contribution >= 4 is 17.6 Å². The van der Waals surface area contributed by atoms with Crippen LogP contribution in [0.4, 0.5) is 5.69 Å². The molecule has 1 heterocycles. The molecule has 1 aromatic carbocycles. The monoisotopic (exact) mass is 346 g/mol. The molecule has 0 saturated heterocycles. The number of carbonyl (C=O) groups excluding carboxylic acids is 1. The highest BCUT2D eigenvalue weighted by molar-refractivity contribution is 5.98. The zero-order valence-corrected chi connectivity index (χ0v) is 13.8. The summed E-state index contributed by atoms with van der Waals surface area (Å²) < 4.78 is 4.77. The number of nitrogens with zero attached hydrogens (tertiary/aromatic N) is 2. The number of hydrogen-bond donors (Lipinski definition) is 1. The molecular weight excluding hydrogens is 328 g/mol. The molecule has 25 heavy (non-hydrogen) atoms. The molecule has 1 atom stereocenters. The van der Waals surface area contributed by atoms with Gasteiger partial charge in [-0.2, -0.15) is 0 Å². The number of carboxylic acid groups (broad SMARTS) is 1. The van der Waals surface area contributed by atoms with Crippen LogP contribution >= 0.6 is 0 Å². The Labute approximate surface area is 144 Å². The molecular formula is C17H18N2O6. The summed E-state index contributed by atoms with van der Waals surface area (Å²) in [7, 11) is 1.18. The van der Waals surface area contributed by atoms with E-state index in [0.717, 1.165) is 6.42 Å². The fourth-order valence-electron chi connectivity index (χ4n) is 2.80. The second kappa shape index (κ2) is 7.61. The highest BCUT2D eigenvalue weighted by Gasteiger charge is 2.37. The van der Waals surface area contributed by atoms with E-state index >= 15 is 0 Å². The zero-order valence-electron chi connectivity index (χ0n) is 13.8. The molecule has 2 rings (SSSR count). The average Bonchev–Trinajstić information content (AvgIpc) is 2.60. The molecule has 1 aromatic rings. The normalized spacial score (nSPS) is 16.7.